The summed E-state index contributed by atoms with van der Waals surface area (Å²) in [5, 5.41) is 7.80. The Morgan fingerprint density at radius 1 is 1.16 bits per heavy atom. The second-order valence-corrected chi connectivity index (χ2v) is 11.1. The number of aromatic nitrogens is 3. The van der Waals surface area contributed by atoms with E-state index < -0.39 is 11.6 Å². The van der Waals surface area contributed by atoms with E-state index in [1.165, 1.54) is 10.9 Å². The Labute approximate surface area is 222 Å². The summed E-state index contributed by atoms with van der Waals surface area (Å²) in [6.45, 7) is 5.56. The van der Waals surface area contributed by atoms with Crippen LogP contribution in [-0.4, -0.2) is 39.4 Å². The molecule has 1 N–H and O–H groups in total. The summed E-state index contributed by atoms with van der Waals surface area (Å²) in [5.74, 6) is 1.47. The molecule has 0 saturated carbocycles. The summed E-state index contributed by atoms with van der Waals surface area (Å²) >= 11 is 1.59. The van der Waals surface area contributed by atoms with Gasteiger partial charge in [-0.2, -0.15) is 5.10 Å². The first-order chi connectivity index (χ1) is 18.2. The van der Waals surface area contributed by atoms with E-state index in [1.807, 2.05) is 18.2 Å². The number of hydrogen-bond donors (Lipinski definition) is 1. The molecule has 0 spiro atoms. The Bertz CT molecular complexity index is 1580. The smallest absolute Gasteiger partial charge is 0.407 e. The molecule has 1 aliphatic rings. The molecule has 1 amide bonds. The summed E-state index contributed by atoms with van der Waals surface area (Å²) in [7, 11) is 0. The van der Waals surface area contributed by atoms with Crippen LogP contribution in [0.1, 0.15) is 25.6 Å². The highest BCUT2D eigenvalue weighted by atomic mass is 32.1. The minimum Gasteiger partial charge on any atom is -0.454 e. The van der Waals surface area contributed by atoms with Crippen LogP contribution in [-0.2, 0) is 17.8 Å². The molecule has 5 rings (SSSR count). The van der Waals surface area contributed by atoms with E-state index in [0.29, 0.717) is 12.9 Å². The predicted octanol–water partition coefficient (Wildman–Crippen LogP) is 5.08. The number of thiophene rings is 1. The number of benzene rings is 2. The second-order valence-electron chi connectivity index (χ2n) is 9.95. The number of fused-ring (bicyclic) bond motifs is 2. The Morgan fingerprint density at radius 2 is 1.92 bits per heavy atom. The van der Waals surface area contributed by atoms with Crippen molar-refractivity contribution in [2.24, 2.45) is 0 Å². The van der Waals surface area contributed by atoms with Gasteiger partial charge >= 0.3 is 11.8 Å². The average Bonchev–Trinajstić information content (AvgIpc) is 3.59. The quantitative estimate of drug-likeness (QED) is 0.353. The molecule has 0 unspecified atom stereocenters. The highest BCUT2D eigenvalue weighted by molar-refractivity contribution is 7.19. The molecule has 0 aliphatic carbocycles. The molecule has 0 bridgehead atoms. The maximum absolute atomic E-state index is 13.4. The van der Waals surface area contributed by atoms with Gasteiger partial charge in [-0.3, -0.25) is 4.57 Å². The van der Waals surface area contributed by atoms with E-state index in [0.717, 1.165) is 42.3 Å². The fourth-order valence-corrected chi connectivity index (χ4v) is 5.04. The minimum absolute atomic E-state index is 0.110. The molecular weight excluding hydrogens is 511 g/mol. The van der Waals surface area contributed by atoms with Crippen molar-refractivity contribution < 1.29 is 23.4 Å². The van der Waals surface area contributed by atoms with E-state index in [2.05, 4.69) is 34.7 Å². The molecule has 0 saturated heterocycles. The SMILES string of the molecule is CC(C)(C)NC(=O)OC/C(=C/F)Cn1ncn(Cc2cc3cc(-c4ccc5c(c4)OCO5)ccc3s2)c1=O. The number of nitrogens with zero attached hydrogens (tertiary/aromatic N) is 3. The minimum atomic E-state index is -0.666. The van der Waals surface area contributed by atoms with Crippen LogP contribution in [0.25, 0.3) is 21.2 Å². The van der Waals surface area contributed by atoms with Crippen LogP contribution >= 0.6 is 11.3 Å². The van der Waals surface area contributed by atoms with E-state index >= 15 is 0 Å². The number of hydrogen-bond acceptors (Lipinski definition) is 7. The number of rotatable bonds is 7. The third-order valence-electron chi connectivity index (χ3n) is 5.77. The lowest BCUT2D eigenvalue weighted by Gasteiger charge is -2.20. The molecular formula is C27H27FN4O5S. The van der Waals surface area contributed by atoms with Gasteiger partial charge in [0.25, 0.3) is 0 Å². The summed E-state index contributed by atoms with van der Waals surface area (Å²) in [6.07, 6.45) is 1.09. The number of carbonyl (C=O) groups is 1. The van der Waals surface area contributed by atoms with Crippen molar-refractivity contribution in [3.8, 4) is 22.6 Å². The molecule has 38 heavy (non-hydrogen) atoms. The van der Waals surface area contributed by atoms with Crippen molar-refractivity contribution in [3.63, 3.8) is 0 Å². The van der Waals surface area contributed by atoms with Crippen molar-refractivity contribution in [1.29, 1.82) is 0 Å². The fraction of sp³-hybridized carbons (Fsp3) is 0.296. The number of alkyl carbamates (subject to hydrolysis) is 1. The topological polar surface area (TPSA) is 96.6 Å². The molecule has 0 radical (unpaired) electrons. The maximum Gasteiger partial charge on any atom is 0.407 e. The zero-order valence-corrected chi connectivity index (χ0v) is 22.0. The largest absolute Gasteiger partial charge is 0.454 e. The third kappa shape index (κ3) is 5.72. The van der Waals surface area contributed by atoms with Gasteiger partial charge in [-0.15, -0.1) is 11.3 Å². The van der Waals surface area contributed by atoms with Crippen LogP contribution in [0, 0.1) is 0 Å². The molecule has 1 aliphatic heterocycles. The molecule has 4 aromatic rings. The summed E-state index contributed by atoms with van der Waals surface area (Å²) in [4.78, 5) is 25.7. The molecule has 0 fully saturated rings. The van der Waals surface area contributed by atoms with Crippen LogP contribution in [0.3, 0.4) is 0 Å². The summed E-state index contributed by atoms with van der Waals surface area (Å²) in [5.41, 5.74) is 1.32. The Morgan fingerprint density at radius 3 is 2.71 bits per heavy atom. The van der Waals surface area contributed by atoms with Gasteiger partial charge in [-0.05, 0) is 67.6 Å². The molecule has 11 heteroatoms. The number of halogens is 1. The Kier molecular flexibility index (Phi) is 6.94. The highest BCUT2D eigenvalue weighted by Crippen LogP contribution is 2.37. The first kappa shape index (κ1) is 25.5. The first-order valence-corrected chi connectivity index (χ1v) is 12.8. The second kappa shape index (κ2) is 10.3. The number of nitrogens with one attached hydrogen (secondary N) is 1. The lowest BCUT2D eigenvalue weighted by atomic mass is 10.0. The lowest BCUT2D eigenvalue weighted by Crippen LogP contribution is -2.41. The average molecular weight is 539 g/mol. The maximum atomic E-state index is 13.4. The van der Waals surface area contributed by atoms with Crippen molar-refractivity contribution in [1.82, 2.24) is 19.7 Å². The van der Waals surface area contributed by atoms with E-state index in [1.54, 1.807) is 32.1 Å². The van der Waals surface area contributed by atoms with Gasteiger partial charge in [0.1, 0.15) is 12.9 Å². The van der Waals surface area contributed by atoms with Crippen molar-refractivity contribution >= 4 is 27.5 Å². The van der Waals surface area contributed by atoms with Gasteiger partial charge in [-0.25, -0.2) is 18.7 Å². The van der Waals surface area contributed by atoms with Gasteiger partial charge in [0.15, 0.2) is 11.5 Å². The van der Waals surface area contributed by atoms with E-state index in [9.17, 15) is 14.0 Å². The van der Waals surface area contributed by atoms with Gasteiger partial charge in [0.05, 0.1) is 19.4 Å². The fourth-order valence-electron chi connectivity index (χ4n) is 3.99. The highest BCUT2D eigenvalue weighted by Gasteiger charge is 2.17. The number of amides is 1. The molecule has 2 aromatic carbocycles. The number of carbonyl (C=O) groups excluding carboxylic acids is 1. The van der Waals surface area contributed by atoms with Crippen molar-refractivity contribution in [3.05, 3.63) is 76.1 Å². The van der Waals surface area contributed by atoms with Crippen LogP contribution in [0.15, 0.2) is 65.5 Å². The summed E-state index contributed by atoms with van der Waals surface area (Å²) in [6, 6.07) is 14.1. The zero-order valence-electron chi connectivity index (χ0n) is 21.2. The van der Waals surface area contributed by atoms with Gasteiger partial charge in [-0.1, -0.05) is 12.1 Å². The Balaban J connectivity index is 1.26. The standard InChI is InChI=1S/C27H27FN4O5S/c1-27(2,3)30-25(33)35-14-17(11-28)12-32-26(34)31(15-29-32)13-21-9-20-8-18(5-7-24(20)38-21)19-4-6-22-23(10-19)37-16-36-22/h4-11,15H,12-14,16H2,1-3H3,(H,30,33)/b17-11+. The first-order valence-electron chi connectivity index (χ1n) is 12.0. The summed E-state index contributed by atoms with van der Waals surface area (Å²) < 4.78 is 33.1. The molecule has 3 heterocycles. The molecule has 198 valence electrons. The molecule has 2 aromatic heterocycles. The normalized spacial score (nSPS) is 13.2. The van der Waals surface area contributed by atoms with E-state index in [-0.39, 0.29) is 31.2 Å². The number of ether oxygens (including phenoxy) is 3. The van der Waals surface area contributed by atoms with Crippen molar-refractivity contribution in [2.75, 3.05) is 13.4 Å². The van der Waals surface area contributed by atoms with Crippen molar-refractivity contribution in [2.45, 2.75) is 39.4 Å². The van der Waals surface area contributed by atoms with Crippen LogP contribution in [0.5, 0.6) is 11.5 Å². The Hall–Kier alpha value is -4.12. The molecule has 0 atom stereocenters. The third-order valence-corrected chi connectivity index (χ3v) is 6.87. The van der Waals surface area contributed by atoms with Crippen LogP contribution < -0.4 is 20.5 Å². The van der Waals surface area contributed by atoms with Gasteiger partial charge in [0, 0.05) is 20.7 Å². The van der Waals surface area contributed by atoms with Crippen LogP contribution in [0.4, 0.5) is 9.18 Å². The monoisotopic (exact) mass is 538 g/mol. The zero-order chi connectivity index (χ0) is 26.9. The predicted molar refractivity (Wildman–Crippen MR) is 142 cm³/mol. The van der Waals surface area contributed by atoms with Gasteiger partial charge in [0.2, 0.25) is 6.79 Å². The van der Waals surface area contributed by atoms with E-state index in [4.69, 9.17) is 14.2 Å². The van der Waals surface area contributed by atoms with Crippen LogP contribution in [0.2, 0.25) is 0 Å². The lowest BCUT2D eigenvalue weighted by molar-refractivity contribution is 0.145. The molecule has 9 nitrogen and oxygen atoms in total. The van der Waals surface area contributed by atoms with Gasteiger partial charge < -0.3 is 19.5 Å².